The summed E-state index contributed by atoms with van der Waals surface area (Å²) in [5.41, 5.74) is 8.98. The van der Waals surface area contributed by atoms with Crippen molar-refractivity contribution < 1.29 is 9.90 Å². The number of aliphatic hydroxyl groups is 1. The second-order valence-electron chi connectivity index (χ2n) is 6.85. The van der Waals surface area contributed by atoms with E-state index in [0.717, 1.165) is 26.7 Å². The molecule has 0 aliphatic rings. The zero-order valence-corrected chi connectivity index (χ0v) is 17.8. The van der Waals surface area contributed by atoms with Crippen LogP contribution in [0.1, 0.15) is 35.5 Å². The molecule has 4 aromatic rings. The summed E-state index contributed by atoms with van der Waals surface area (Å²) in [6.07, 6.45) is -0.0895. The highest BCUT2D eigenvalue weighted by molar-refractivity contribution is 7.18. The van der Waals surface area contributed by atoms with Crippen LogP contribution < -0.4 is 5.73 Å². The number of rotatable bonds is 6. The lowest BCUT2D eigenvalue weighted by molar-refractivity contribution is 0.100. The van der Waals surface area contributed by atoms with Crippen molar-refractivity contribution >= 4 is 28.8 Å². The van der Waals surface area contributed by atoms with Gasteiger partial charge in [0.25, 0.3) is 0 Å². The fraction of sp³-hybridized carbons (Fsp3) is 0.130. The number of amides is 1. The van der Waals surface area contributed by atoms with Crippen LogP contribution in [-0.4, -0.2) is 20.8 Å². The van der Waals surface area contributed by atoms with Gasteiger partial charge in [0.15, 0.2) is 0 Å². The van der Waals surface area contributed by atoms with Gasteiger partial charge in [0, 0.05) is 10.4 Å². The fourth-order valence-corrected chi connectivity index (χ4v) is 4.43. The second kappa shape index (κ2) is 8.44. The molecule has 1 amide bonds. The summed E-state index contributed by atoms with van der Waals surface area (Å²) in [5, 5.41) is 15.6. The maximum Gasteiger partial charge on any atom is 0.248 e. The Kier molecular flexibility index (Phi) is 5.72. The number of para-hydroxylation sites is 1. The van der Waals surface area contributed by atoms with Crippen LogP contribution >= 0.6 is 22.9 Å². The van der Waals surface area contributed by atoms with Crippen LogP contribution in [-0.2, 0) is 0 Å². The average Bonchev–Trinajstić information content (AvgIpc) is 3.41. The molecule has 5 nitrogen and oxygen atoms in total. The van der Waals surface area contributed by atoms with Gasteiger partial charge in [-0.05, 0) is 54.4 Å². The van der Waals surface area contributed by atoms with Gasteiger partial charge in [0.1, 0.15) is 0 Å². The molecule has 7 heteroatoms. The highest BCUT2D eigenvalue weighted by Crippen LogP contribution is 2.37. The van der Waals surface area contributed by atoms with Crippen molar-refractivity contribution in [3.05, 3.63) is 83.0 Å². The number of carbonyl (C=O) groups is 1. The summed E-state index contributed by atoms with van der Waals surface area (Å²) in [6.45, 7) is 1.91. The van der Waals surface area contributed by atoms with Crippen LogP contribution in [0.25, 0.3) is 26.7 Å². The number of nitrogens with two attached hydrogens (primary N) is 1. The van der Waals surface area contributed by atoms with E-state index in [0.29, 0.717) is 22.7 Å². The van der Waals surface area contributed by atoms with E-state index in [-0.39, 0.29) is 0 Å². The van der Waals surface area contributed by atoms with Gasteiger partial charge in [-0.2, -0.15) is 5.10 Å². The number of hydrogen-bond acceptors (Lipinski definition) is 4. The van der Waals surface area contributed by atoms with Crippen molar-refractivity contribution in [1.82, 2.24) is 9.78 Å². The summed E-state index contributed by atoms with van der Waals surface area (Å²) in [7, 11) is 0. The molecule has 0 fully saturated rings. The van der Waals surface area contributed by atoms with E-state index in [1.165, 1.54) is 0 Å². The Balaban J connectivity index is 1.81. The summed E-state index contributed by atoms with van der Waals surface area (Å²) >= 11 is 7.99. The van der Waals surface area contributed by atoms with Gasteiger partial charge in [0.2, 0.25) is 5.91 Å². The number of primary amides is 1. The van der Waals surface area contributed by atoms with Gasteiger partial charge in [-0.3, -0.25) is 4.79 Å². The number of carbonyl (C=O) groups excluding carboxylic acids is 1. The maximum atomic E-state index is 11.5. The van der Waals surface area contributed by atoms with Gasteiger partial charge >= 0.3 is 0 Å². The number of halogens is 1. The third-order valence-electron chi connectivity index (χ3n) is 4.83. The summed E-state index contributed by atoms with van der Waals surface area (Å²) in [4.78, 5) is 13.5. The minimum Gasteiger partial charge on any atom is -0.387 e. The molecule has 30 heavy (non-hydrogen) atoms. The van der Waals surface area contributed by atoms with Gasteiger partial charge in [-0.15, -0.1) is 11.3 Å². The molecule has 152 valence electrons. The highest BCUT2D eigenvalue weighted by Gasteiger charge is 2.19. The van der Waals surface area contributed by atoms with Gasteiger partial charge in [-0.25, -0.2) is 4.68 Å². The number of aliphatic hydroxyl groups excluding tert-OH is 1. The first-order valence-electron chi connectivity index (χ1n) is 9.51. The summed E-state index contributed by atoms with van der Waals surface area (Å²) < 4.78 is 1.77. The Labute approximate surface area is 183 Å². The molecule has 2 heterocycles. The molecular weight excluding hydrogens is 418 g/mol. The Morgan fingerprint density at radius 3 is 2.63 bits per heavy atom. The number of aromatic nitrogens is 2. The molecule has 1 unspecified atom stereocenters. The van der Waals surface area contributed by atoms with Gasteiger partial charge in [-0.1, -0.05) is 42.8 Å². The van der Waals surface area contributed by atoms with E-state index in [1.807, 2.05) is 61.5 Å². The minimum absolute atomic E-state index is 0.455. The molecular formula is C23H20ClN3O2S. The fourth-order valence-electron chi connectivity index (χ4n) is 3.21. The first kappa shape index (κ1) is 20.3. The van der Waals surface area contributed by atoms with Crippen LogP contribution in [0.2, 0.25) is 5.02 Å². The molecule has 1 atom stereocenters. The maximum absolute atomic E-state index is 11.5. The smallest absolute Gasteiger partial charge is 0.248 e. The van der Waals surface area contributed by atoms with Crippen molar-refractivity contribution in [3.63, 3.8) is 0 Å². The van der Waals surface area contributed by atoms with Gasteiger partial charge < -0.3 is 10.8 Å². The van der Waals surface area contributed by atoms with Crippen LogP contribution in [0.15, 0.2) is 66.7 Å². The van der Waals surface area contributed by atoms with Crippen molar-refractivity contribution in [1.29, 1.82) is 0 Å². The molecule has 3 N–H and O–H groups in total. The minimum atomic E-state index is -0.654. The standard InChI is InChI=1S/C23H20ClN3O2S/c1-2-20(28)17-13-19(27(26-17)18-9-4-3-8-16(18)24)22-11-10-21(30-22)14-6-5-7-15(12-14)23(25)29/h3-13,20,28H,2H2,1H3,(H2,25,29). The Hall–Kier alpha value is -2.93. The van der Waals surface area contributed by atoms with E-state index in [1.54, 1.807) is 28.2 Å². The molecule has 0 bridgehead atoms. The normalized spacial score (nSPS) is 12.1. The Morgan fingerprint density at radius 1 is 1.13 bits per heavy atom. The molecule has 0 saturated carbocycles. The number of hydrogen-bond donors (Lipinski definition) is 2. The third kappa shape index (κ3) is 3.89. The zero-order chi connectivity index (χ0) is 21.3. The molecule has 0 spiro atoms. The zero-order valence-electron chi connectivity index (χ0n) is 16.2. The van der Waals surface area contributed by atoms with E-state index in [2.05, 4.69) is 5.10 Å². The first-order chi connectivity index (χ1) is 14.5. The average molecular weight is 438 g/mol. The van der Waals surface area contributed by atoms with Crippen molar-refractivity contribution in [3.8, 4) is 26.7 Å². The predicted molar refractivity (Wildman–Crippen MR) is 121 cm³/mol. The number of benzene rings is 2. The van der Waals surface area contributed by atoms with E-state index >= 15 is 0 Å². The lowest BCUT2D eigenvalue weighted by Crippen LogP contribution is -2.10. The quantitative estimate of drug-likeness (QED) is 0.420. The summed E-state index contributed by atoms with van der Waals surface area (Å²) in [5.74, 6) is -0.455. The molecule has 2 aromatic carbocycles. The van der Waals surface area contributed by atoms with Crippen molar-refractivity contribution in [2.75, 3.05) is 0 Å². The third-order valence-corrected chi connectivity index (χ3v) is 6.30. The molecule has 0 aliphatic heterocycles. The molecule has 2 aromatic heterocycles. The highest BCUT2D eigenvalue weighted by atomic mass is 35.5. The molecule has 4 rings (SSSR count). The number of thiophene rings is 1. The van der Waals surface area contributed by atoms with Gasteiger partial charge in [0.05, 0.1) is 33.1 Å². The van der Waals surface area contributed by atoms with Crippen LogP contribution in [0.5, 0.6) is 0 Å². The largest absolute Gasteiger partial charge is 0.387 e. The van der Waals surface area contributed by atoms with Crippen LogP contribution in [0, 0.1) is 0 Å². The van der Waals surface area contributed by atoms with Crippen LogP contribution in [0.4, 0.5) is 0 Å². The second-order valence-corrected chi connectivity index (χ2v) is 8.34. The van der Waals surface area contributed by atoms with Crippen molar-refractivity contribution in [2.45, 2.75) is 19.4 Å². The topological polar surface area (TPSA) is 81.1 Å². The number of nitrogens with zero attached hydrogens (tertiary/aromatic N) is 2. The SMILES string of the molecule is CCC(O)c1cc(-c2ccc(-c3cccc(C(N)=O)c3)s2)n(-c2ccccc2Cl)n1. The Morgan fingerprint density at radius 2 is 1.90 bits per heavy atom. The first-order valence-corrected chi connectivity index (χ1v) is 10.7. The van der Waals surface area contributed by atoms with E-state index in [9.17, 15) is 9.90 Å². The Bertz CT molecular complexity index is 1210. The van der Waals surface area contributed by atoms with E-state index < -0.39 is 12.0 Å². The lowest BCUT2D eigenvalue weighted by Gasteiger charge is -2.08. The molecule has 0 aliphatic carbocycles. The molecule has 0 radical (unpaired) electrons. The summed E-state index contributed by atoms with van der Waals surface area (Å²) in [6, 6.07) is 20.6. The lowest BCUT2D eigenvalue weighted by atomic mass is 10.1. The predicted octanol–water partition coefficient (Wildman–Crippen LogP) is 5.46. The van der Waals surface area contributed by atoms with Crippen molar-refractivity contribution in [2.24, 2.45) is 5.73 Å². The van der Waals surface area contributed by atoms with E-state index in [4.69, 9.17) is 17.3 Å². The van der Waals surface area contributed by atoms with Crippen LogP contribution in [0.3, 0.4) is 0 Å². The molecule has 0 saturated heterocycles. The monoisotopic (exact) mass is 437 g/mol.